The molecule has 48 valence electrons. The second-order valence-electron chi connectivity index (χ2n) is 1.67. The Kier molecular flexibility index (Phi) is 5.11. The van der Waals surface area contributed by atoms with Crippen LogP contribution in [0.15, 0.2) is 0 Å². The summed E-state index contributed by atoms with van der Waals surface area (Å²) in [5.74, 6) is 0.807. The van der Waals surface area contributed by atoms with Crippen molar-refractivity contribution in [3.63, 3.8) is 0 Å². The van der Waals surface area contributed by atoms with Crippen molar-refractivity contribution in [3.05, 3.63) is 0 Å². The lowest BCUT2D eigenvalue weighted by Crippen LogP contribution is -2.20. The first kappa shape index (κ1) is 7.98. The van der Waals surface area contributed by atoms with E-state index in [0.717, 1.165) is 24.9 Å². The maximum Gasteiger partial charge on any atom is 0.136 e. The predicted octanol–water partition coefficient (Wildman–Crippen LogP) is 0.223. The lowest BCUT2D eigenvalue weighted by atomic mass is 10.2. The fourth-order valence-electron chi connectivity index (χ4n) is 0.395. The zero-order valence-corrected chi connectivity index (χ0v) is 5.60. The topological polar surface area (TPSA) is 43.1 Å². The zero-order chi connectivity index (χ0) is 6.41. The third-order valence-electron chi connectivity index (χ3n) is 0.870. The van der Waals surface area contributed by atoms with E-state index < -0.39 is 0 Å². The van der Waals surface area contributed by atoms with Gasteiger partial charge in [0.25, 0.3) is 0 Å². The second-order valence-corrected chi connectivity index (χ2v) is 2.11. The molecule has 0 fully saturated rings. The molecule has 0 aromatic heterocycles. The highest BCUT2D eigenvalue weighted by Crippen LogP contribution is 1.92. The summed E-state index contributed by atoms with van der Waals surface area (Å²) < 4.78 is 0. The number of hydrogen-bond donors (Lipinski definition) is 2. The fraction of sp³-hybridized carbons (Fsp3) is 0.800. The van der Waals surface area contributed by atoms with Crippen LogP contribution < -0.4 is 5.73 Å². The molecular formula is C5H11NOS. The summed E-state index contributed by atoms with van der Waals surface area (Å²) >= 11 is 3.96. The Morgan fingerprint density at radius 1 is 1.75 bits per heavy atom. The Morgan fingerprint density at radius 3 is 2.75 bits per heavy atom. The normalized spacial score (nSPS) is 13.2. The summed E-state index contributed by atoms with van der Waals surface area (Å²) in [6.45, 7) is 0. The average Bonchev–Trinajstić information content (AvgIpc) is 1.83. The first-order valence-electron chi connectivity index (χ1n) is 2.63. The summed E-state index contributed by atoms with van der Waals surface area (Å²) in [6, 6.07) is -0.276. The van der Waals surface area contributed by atoms with Crippen molar-refractivity contribution >= 4 is 18.9 Å². The maximum absolute atomic E-state index is 9.86. The first-order chi connectivity index (χ1) is 3.81. The third kappa shape index (κ3) is 4.15. The van der Waals surface area contributed by atoms with Gasteiger partial charge in [0, 0.05) is 0 Å². The molecule has 0 aliphatic rings. The predicted molar refractivity (Wildman–Crippen MR) is 37.1 cm³/mol. The van der Waals surface area contributed by atoms with Crippen molar-refractivity contribution in [1.82, 2.24) is 0 Å². The summed E-state index contributed by atoms with van der Waals surface area (Å²) in [7, 11) is 0. The fourth-order valence-corrected chi connectivity index (χ4v) is 0.578. The number of hydrogen-bond acceptors (Lipinski definition) is 3. The molecule has 3 heteroatoms. The molecule has 2 nitrogen and oxygen atoms in total. The highest BCUT2D eigenvalue weighted by atomic mass is 32.1. The number of nitrogens with two attached hydrogens (primary N) is 1. The molecule has 1 atom stereocenters. The summed E-state index contributed by atoms with van der Waals surface area (Å²) in [4.78, 5) is 9.86. The summed E-state index contributed by atoms with van der Waals surface area (Å²) in [5.41, 5.74) is 5.26. The molecule has 0 heterocycles. The van der Waals surface area contributed by atoms with Crippen molar-refractivity contribution in [2.45, 2.75) is 18.9 Å². The molecule has 0 amide bonds. The largest absolute Gasteiger partial charge is 0.322 e. The van der Waals surface area contributed by atoms with E-state index in [9.17, 15) is 4.79 Å². The van der Waals surface area contributed by atoms with E-state index in [1.807, 2.05) is 0 Å². The van der Waals surface area contributed by atoms with Crippen LogP contribution in [-0.4, -0.2) is 18.1 Å². The Balaban J connectivity index is 2.98. The lowest BCUT2D eigenvalue weighted by Gasteiger charge is -1.98. The number of thiol groups is 1. The van der Waals surface area contributed by atoms with Crippen LogP contribution in [0.2, 0.25) is 0 Å². The van der Waals surface area contributed by atoms with Crippen LogP contribution >= 0.6 is 12.6 Å². The average molecular weight is 133 g/mol. The molecular weight excluding hydrogens is 122 g/mol. The van der Waals surface area contributed by atoms with E-state index >= 15 is 0 Å². The minimum atomic E-state index is -0.276. The third-order valence-corrected chi connectivity index (χ3v) is 1.19. The van der Waals surface area contributed by atoms with Gasteiger partial charge in [-0.3, -0.25) is 0 Å². The maximum atomic E-state index is 9.86. The van der Waals surface area contributed by atoms with Gasteiger partial charge in [-0.05, 0) is 18.6 Å². The van der Waals surface area contributed by atoms with Crippen molar-refractivity contribution < 1.29 is 4.79 Å². The van der Waals surface area contributed by atoms with Gasteiger partial charge in [0.2, 0.25) is 0 Å². The number of carbonyl (C=O) groups is 1. The van der Waals surface area contributed by atoms with E-state index in [4.69, 9.17) is 5.73 Å². The van der Waals surface area contributed by atoms with Gasteiger partial charge < -0.3 is 10.5 Å². The molecule has 0 aromatic carbocycles. The van der Waals surface area contributed by atoms with Crippen LogP contribution in [-0.2, 0) is 4.79 Å². The van der Waals surface area contributed by atoms with E-state index in [2.05, 4.69) is 12.6 Å². The van der Waals surface area contributed by atoms with Gasteiger partial charge in [0.1, 0.15) is 6.29 Å². The Hall–Kier alpha value is -0.0200. The molecule has 0 bridgehead atoms. The van der Waals surface area contributed by atoms with E-state index in [1.54, 1.807) is 0 Å². The van der Waals surface area contributed by atoms with Crippen LogP contribution in [0.4, 0.5) is 0 Å². The van der Waals surface area contributed by atoms with Gasteiger partial charge in [-0.15, -0.1) is 0 Å². The van der Waals surface area contributed by atoms with Crippen molar-refractivity contribution in [1.29, 1.82) is 0 Å². The minimum absolute atomic E-state index is 0.276. The monoisotopic (exact) mass is 133 g/mol. The molecule has 2 N–H and O–H groups in total. The molecule has 0 saturated carbocycles. The molecule has 8 heavy (non-hydrogen) atoms. The van der Waals surface area contributed by atoms with Gasteiger partial charge >= 0.3 is 0 Å². The Morgan fingerprint density at radius 2 is 2.38 bits per heavy atom. The van der Waals surface area contributed by atoms with Crippen molar-refractivity contribution in [2.24, 2.45) is 5.73 Å². The van der Waals surface area contributed by atoms with E-state index in [0.29, 0.717) is 0 Å². The number of rotatable bonds is 4. The van der Waals surface area contributed by atoms with Crippen molar-refractivity contribution in [2.75, 3.05) is 5.75 Å². The zero-order valence-electron chi connectivity index (χ0n) is 4.71. The van der Waals surface area contributed by atoms with Crippen LogP contribution in [0.25, 0.3) is 0 Å². The van der Waals surface area contributed by atoms with Gasteiger partial charge in [0.05, 0.1) is 6.04 Å². The highest BCUT2D eigenvalue weighted by molar-refractivity contribution is 7.80. The molecule has 0 aromatic rings. The van der Waals surface area contributed by atoms with Crippen molar-refractivity contribution in [3.8, 4) is 0 Å². The number of carbonyl (C=O) groups excluding carboxylic acids is 1. The molecule has 0 spiro atoms. The van der Waals surface area contributed by atoms with Gasteiger partial charge in [-0.25, -0.2) is 0 Å². The molecule has 0 rings (SSSR count). The molecule has 0 aliphatic heterocycles. The Bertz CT molecular complexity index is 67.4. The summed E-state index contributed by atoms with van der Waals surface area (Å²) in [6.07, 6.45) is 2.44. The van der Waals surface area contributed by atoms with Gasteiger partial charge in [-0.2, -0.15) is 12.6 Å². The summed E-state index contributed by atoms with van der Waals surface area (Å²) in [5, 5.41) is 0. The van der Waals surface area contributed by atoms with E-state index in [1.165, 1.54) is 0 Å². The van der Waals surface area contributed by atoms with Gasteiger partial charge in [0.15, 0.2) is 0 Å². The molecule has 0 saturated heterocycles. The SMILES string of the molecule is N[C@H](C=O)CCCS. The second kappa shape index (κ2) is 5.12. The Labute approximate surface area is 54.9 Å². The number of aldehydes is 1. The van der Waals surface area contributed by atoms with Crippen LogP contribution in [0.1, 0.15) is 12.8 Å². The van der Waals surface area contributed by atoms with Crippen LogP contribution in [0, 0.1) is 0 Å². The van der Waals surface area contributed by atoms with Crippen LogP contribution in [0.5, 0.6) is 0 Å². The lowest BCUT2D eigenvalue weighted by molar-refractivity contribution is -0.109. The quantitative estimate of drug-likeness (QED) is 0.425. The minimum Gasteiger partial charge on any atom is -0.322 e. The van der Waals surface area contributed by atoms with Gasteiger partial charge in [-0.1, -0.05) is 0 Å². The molecule has 0 unspecified atom stereocenters. The highest BCUT2D eigenvalue weighted by Gasteiger charge is 1.95. The molecule has 0 aliphatic carbocycles. The molecule has 0 radical (unpaired) electrons. The van der Waals surface area contributed by atoms with Crippen LogP contribution in [0.3, 0.4) is 0 Å². The first-order valence-corrected chi connectivity index (χ1v) is 3.26. The van der Waals surface area contributed by atoms with E-state index in [-0.39, 0.29) is 6.04 Å². The smallest absolute Gasteiger partial charge is 0.136 e. The standard InChI is InChI=1S/C5H11NOS/c6-5(4-7)2-1-3-8/h4-5,8H,1-3,6H2/t5-/m0/s1.